The van der Waals surface area contributed by atoms with Gasteiger partial charge in [-0.05, 0) is 49.4 Å². The molecule has 2 aromatic rings. The van der Waals surface area contributed by atoms with Gasteiger partial charge in [0.05, 0.1) is 11.1 Å². The standard InChI is InChI=1S/C24H34N4O2/c1-18(2)22-14-21(30-26-22)15-24(23(29)25-3)10-13-27(17-24)16-19-6-8-20(9-7-19)28-11-4-5-12-28/h6-9,14,18H,4-5,10-13,15-17H2,1-3H3,(H,25,29)/t24-/m1/s1. The molecule has 1 amide bonds. The van der Waals surface area contributed by atoms with Crippen LogP contribution in [0.1, 0.15) is 56.0 Å². The van der Waals surface area contributed by atoms with Crippen molar-refractivity contribution in [3.63, 3.8) is 0 Å². The van der Waals surface area contributed by atoms with Crippen LogP contribution in [0.25, 0.3) is 0 Å². The Morgan fingerprint density at radius 3 is 2.57 bits per heavy atom. The summed E-state index contributed by atoms with van der Waals surface area (Å²) in [5.74, 6) is 1.22. The van der Waals surface area contributed by atoms with E-state index >= 15 is 0 Å². The number of likely N-dealkylation sites (tertiary alicyclic amines) is 1. The molecule has 1 aromatic carbocycles. The summed E-state index contributed by atoms with van der Waals surface area (Å²) in [5.41, 5.74) is 3.11. The fraction of sp³-hybridized carbons (Fsp3) is 0.583. The molecule has 0 saturated carbocycles. The van der Waals surface area contributed by atoms with E-state index in [1.165, 1.54) is 37.2 Å². The van der Waals surface area contributed by atoms with Crippen molar-refractivity contribution in [2.45, 2.75) is 52.0 Å². The lowest BCUT2D eigenvalue weighted by Gasteiger charge is -2.26. The van der Waals surface area contributed by atoms with Gasteiger partial charge in [-0.2, -0.15) is 0 Å². The molecule has 2 aliphatic heterocycles. The monoisotopic (exact) mass is 410 g/mol. The Hall–Kier alpha value is -2.34. The van der Waals surface area contributed by atoms with Gasteiger partial charge in [0.2, 0.25) is 5.91 Å². The Bertz CT molecular complexity index is 854. The van der Waals surface area contributed by atoms with Crippen LogP contribution in [-0.4, -0.2) is 49.2 Å². The van der Waals surface area contributed by atoms with E-state index in [4.69, 9.17) is 4.52 Å². The average molecular weight is 411 g/mol. The highest BCUT2D eigenvalue weighted by Crippen LogP contribution is 2.36. The van der Waals surface area contributed by atoms with Crippen molar-refractivity contribution in [3.8, 4) is 0 Å². The minimum atomic E-state index is -0.460. The van der Waals surface area contributed by atoms with E-state index < -0.39 is 5.41 Å². The summed E-state index contributed by atoms with van der Waals surface area (Å²) in [7, 11) is 1.73. The number of carbonyl (C=O) groups excluding carboxylic acids is 1. The molecule has 0 aliphatic carbocycles. The third-order valence-electron chi connectivity index (χ3n) is 6.64. The first-order chi connectivity index (χ1) is 14.5. The Balaban J connectivity index is 1.42. The van der Waals surface area contributed by atoms with Crippen LogP contribution in [0.3, 0.4) is 0 Å². The molecular weight excluding hydrogens is 376 g/mol. The van der Waals surface area contributed by atoms with E-state index in [0.29, 0.717) is 12.3 Å². The molecule has 2 saturated heterocycles. The van der Waals surface area contributed by atoms with E-state index in [1.807, 2.05) is 6.07 Å². The molecular formula is C24H34N4O2. The average Bonchev–Trinajstić information content (AvgIpc) is 3.50. The molecule has 6 heteroatoms. The number of amides is 1. The second-order valence-corrected chi connectivity index (χ2v) is 9.23. The van der Waals surface area contributed by atoms with E-state index in [-0.39, 0.29) is 5.91 Å². The van der Waals surface area contributed by atoms with Crippen molar-refractivity contribution in [3.05, 3.63) is 47.3 Å². The Morgan fingerprint density at radius 1 is 1.20 bits per heavy atom. The van der Waals surface area contributed by atoms with Crippen LogP contribution in [0, 0.1) is 5.41 Å². The van der Waals surface area contributed by atoms with Crippen LogP contribution < -0.4 is 10.2 Å². The van der Waals surface area contributed by atoms with Crippen molar-refractivity contribution in [2.24, 2.45) is 5.41 Å². The van der Waals surface area contributed by atoms with Crippen LogP contribution in [-0.2, 0) is 17.8 Å². The zero-order chi connectivity index (χ0) is 21.1. The minimum Gasteiger partial charge on any atom is -0.372 e. The molecule has 1 N–H and O–H groups in total. The first kappa shape index (κ1) is 20.9. The molecule has 6 nitrogen and oxygen atoms in total. The minimum absolute atomic E-state index is 0.0943. The molecule has 1 atom stereocenters. The van der Waals surface area contributed by atoms with Crippen molar-refractivity contribution in [1.29, 1.82) is 0 Å². The van der Waals surface area contributed by atoms with Gasteiger partial charge in [-0.25, -0.2) is 0 Å². The topological polar surface area (TPSA) is 61.6 Å². The van der Waals surface area contributed by atoms with Gasteiger partial charge in [0.25, 0.3) is 0 Å². The van der Waals surface area contributed by atoms with Crippen LogP contribution in [0.5, 0.6) is 0 Å². The van der Waals surface area contributed by atoms with Crippen LogP contribution in [0.15, 0.2) is 34.9 Å². The predicted molar refractivity (Wildman–Crippen MR) is 119 cm³/mol. The summed E-state index contributed by atoms with van der Waals surface area (Å²) in [5, 5.41) is 7.06. The van der Waals surface area contributed by atoms with Gasteiger partial charge in [-0.1, -0.05) is 31.1 Å². The number of nitrogens with zero attached hydrogens (tertiary/aromatic N) is 3. The molecule has 2 aliphatic rings. The number of nitrogens with one attached hydrogen (secondary N) is 1. The van der Waals surface area contributed by atoms with E-state index in [0.717, 1.165) is 37.5 Å². The van der Waals surface area contributed by atoms with Gasteiger partial charge >= 0.3 is 0 Å². The molecule has 162 valence electrons. The van der Waals surface area contributed by atoms with E-state index in [2.05, 4.69) is 58.4 Å². The summed E-state index contributed by atoms with van der Waals surface area (Å²) >= 11 is 0. The molecule has 0 bridgehead atoms. The number of rotatable bonds is 7. The zero-order valence-corrected chi connectivity index (χ0v) is 18.5. The Kier molecular flexibility index (Phi) is 6.14. The number of carbonyl (C=O) groups is 1. The van der Waals surface area contributed by atoms with Crippen LogP contribution >= 0.6 is 0 Å². The SMILES string of the molecule is CNC(=O)[C@@]1(Cc2cc(C(C)C)no2)CCN(Cc2ccc(N3CCCC3)cc2)C1. The first-order valence-electron chi connectivity index (χ1n) is 11.2. The van der Waals surface area contributed by atoms with Gasteiger partial charge in [0.15, 0.2) is 0 Å². The lowest BCUT2D eigenvalue weighted by molar-refractivity contribution is -0.130. The fourth-order valence-corrected chi connectivity index (χ4v) is 4.83. The van der Waals surface area contributed by atoms with Crippen molar-refractivity contribution in [2.75, 3.05) is 38.1 Å². The van der Waals surface area contributed by atoms with Gasteiger partial charge in [0, 0.05) is 51.4 Å². The molecule has 0 spiro atoms. The fourth-order valence-electron chi connectivity index (χ4n) is 4.83. The Morgan fingerprint density at radius 2 is 1.93 bits per heavy atom. The molecule has 4 rings (SSSR count). The lowest BCUT2D eigenvalue weighted by atomic mass is 9.81. The third-order valence-corrected chi connectivity index (χ3v) is 6.64. The number of hydrogen-bond acceptors (Lipinski definition) is 5. The van der Waals surface area contributed by atoms with Crippen molar-refractivity contribution in [1.82, 2.24) is 15.4 Å². The van der Waals surface area contributed by atoms with Crippen LogP contribution in [0.2, 0.25) is 0 Å². The Labute approximate surface area is 179 Å². The van der Waals surface area contributed by atoms with Gasteiger partial charge in [-0.15, -0.1) is 0 Å². The molecule has 3 heterocycles. The first-order valence-corrected chi connectivity index (χ1v) is 11.2. The van der Waals surface area contributed by atoms with Crippen LogP contribution in [0.4, 0.5) is 5.69 Å². The second kappa shape index (κ2) is 8.80. The largest absolute Gasteiger partial charge is 0.372 e. The molecule has 0 unspecified atom stereocenters. The number of aromatic nitrogens is 1. The quantitative estimate of drug-likeness (QED) is 0.756. The zero-order valence-electron chi connectivity index (χ0n) is 18.5. The highest BCUT2D eigenvalue weighted by atomic mass is 16.5. The van der Waals surface area contributed by atoms with E-state index in [1.54, 1.807) is 7.05 Å². The summed E-state index contributed by atoms with van der Waals surface area (Å²) in [6.07, 6.45) is 4.01. The number of hydrogen-bond donors (Lipinski definition) is 1. The number of benzene rings is 1. The lowest BCUT2D eigenvalue weighted by Crippen LogP contribution is -2.43. The highest BCUT2D eigenvalue weighted by Gasteiger charge is 2.45. The summed E-state index contributed by atoms with van der Waals surface area (Å²) in [4.78, 5) is 17.7. The maximum absolute atomic E-state index is 12.9. The maximum Gasteiger partial charge on any atom is 0.227 e. The molecule has 1 aromatic heterocycles. The number of anilines is 1. The predicted octanol–water partition coefficient (Wildman–Crippen LogP) is 3.58. The highest BCUT2D eigenvalue weighted by molar-refractivity contribution is 5.83. The van der Waals surface area contributed by atoms with Crippen molar-refractivity contribution < 1.29 is 9.32 Å². The van der Waals surface area contributed by atoms with Crippen molar-refractivity contribution >= 4 is 11.6 Å². The second-order valence-electron chi connectivity index (χ2n) is 9.23. The summed E-state index contributed by atoms with van der Waals surface area (Å²) in [6.45, 7) is 9.04. The molecule has 30 heavy (non-hydrogen) atoms. The summed E-state index contributed by atoms with van der Waals surface area (Å²) < 4.78 is 5.57. The normalized spacial score (nSPS) is 22.2. The smallest absolute Gasteiger partial charge is 0.227 e. The van der Waals surface area contributed by atoms with Gasteiger partial charge < -0.3 is 14.7 Å². The van der Waals surface area contributed by atoms with E-state index in [9.17, 15) is 4.79 Å². The van der Waals surface area contributed by atoms with Gasteiger partial charge in [-0.3, -0.25) is 9.69 Å². The maximum atomic E-state index is 12.9. The van der Waals surface area contributed by atoms with Gasteiger partial charge in [0.1, 0.15) is 5.76 Å². The third kappa shape index (κ3) is 4.38. The molecule has 2 fully saturated rings. The summed E-state index contributed by atoms with van der Waals surface area (Å²) in [6, 6.07) is 11.0. The molecule has 0 radical (unpaired) electrons.